The van der Waals surface area contributed by atoms with E-state index in [-0.39, 0.29) is 12.6 Å². The van der Waals surface area contributed by atoms with Crippen LogP contribution in [0.5, 0.6) is 0 Å². The fraction of sp³-hybridized carbons (Fsp3) is 0.955. The molecule has 0 saturated carbocycles. The van der Waals surface area contributed by atoms with Gasteiger partial charge in [-0.05, 0) is 12.8 Å². The molecule has 0 radical (unpaired) electrons. The first-order valence-corrected chi connectivity index (χ1v) is 12.0. The third-order valence-corrected chi connectivity index (χ3v) is 6.23. The molecule has 10 atom stereocenters. The number of unbranched alkanes of at least 4 members (excludes halogenated alkanes) is 5. The van der Waals surface area contributed by atoms with Crippen molar-refractivity contribution in [3.05, 3.63) is 0 Å². The van der Waals surface area contributed by atoms with Crippen molar-refractivity contribution in [1.82, 2.24) is 0 Å². The van der Waals surface area contributed by atoms with Gasteiger partial charge >= 0.3 is 5.97 Å². The number of aliphatic hydroxyl groups excluding tert-OH is 7. The molecule has 7 N–H and O–H groups in total. The lowest BCUT2D eigenvalue weighted by atomic mass is 9.97. The summed E-state index contributed by atoms with van der Waals surface area (Å²) in [7, 11) is 1.37. The first kappa shape index (κ1) is 30.3. The monoisotopic (exact) mass is 512 g/mol. The maximum Gasteiger partial charge on any atom is 0.305 e. The first-order valence-electron chi connectivity index (χ1n) is 12.0. The third-order valence-electron chi connectivity index (χ3n) is 6.23. The van der Waals surface area contributed by atoms with Gasteiger partial charge in [0, 0.05) is 13.0 Å². The minimum absolute atomic E-state index is 0.0988. The molecular formula is C22H40O13. The Labute approximate surface area is 204 Å². The zero-order chi connectivity index (χ0) is 26.0. The van der Waals surface area contributed by atoms with Gasteiger partial charge in [-0.15, -0.1) is 0 Å². The van der Waals surface area contributed by atoms with E-state index in [1.165, 1.54) is 7.11 Å². The molecule has 0 aromatic carbocycles. The minimum atomic E-state index is -1.74. The van der Waals surface area contributed by atoms with Gasteiger partial charge in [-0.1, -0.05) is 25.7 Å². The van der Waals surface area contributed by atoms with Gasteiger partial charge in [0.15, 0.2) is 12.6 Å². The van der Waals surface area contributed by atoms with Crippen LogP contribution in [0.15, 0.2) is 0 Å². The first-order chi connectivity index (χ1) is 16.7. The van der Waals surface area contributed by atoms with Gasteiger partial charge < -0.3 is 59.4 Å². The van der Waals surface area contributed by atoms with Crippen molar-refractivity contribution >= 4 is 5.97 Å². The van der Waals surface area contributed by atoms with Crippen molar-refractivity contribution in [3.8, 4) is 0 Å². The van der Waals surface area contributed by atoms with Crippen LogP contribution in [0, 0.1) is 0 Å². The standard InChI is InChI=1S/C22H40O13/c1-31-14(24)8-6-4-2-3-5-7-9-32-11-13-15(25)16(26)19(29)22(34-13)35-20-12(10-23)33-21(30)18(28)17(20)27/h12-13,15-23,25-30H,2-11H2,1H3/t12-,13-,15+,16+,17-,18-,19-,20-,21+,22+/m1/s1. The summed E-state index contributed by atoms with van der Waals surface area (Å²) in [5, 5.41) is 69.8. The summed E-state index contributed by atoms with van der Waals surface area (Å²) in [6.45, 7) is -0.388. The summed E-state index contributed by atoms with van der Waals surface area (Å²) in [6, 6.07) is 0. The van der Waals surface area contributed by atoms with E-state index in [0.29, 0.717) is 13.0 Å². The third kappa shape index (κ3) is 8.83. The van der Waals surface area contributed by atoms with Crippen LogP contribution in [0.1, 0.15) is 44.9 Å². The second-order valence-corrected chi connectivity index (χ2v) is 8.87. The second-order valence-electron chi connectivity index (χ2n) is 8.87. The van der Waals surface area contributed by atoms with Crippen LogP contribution in [-0.2, 0) is 28.5 Å². The molecule has 206 valence electrons. The topological polar surface area (TPSA) is 205 Å². The molecular weight excluding hydrogens is 472 g/mol. The maximum atomic E-state index is 11.0. The van der Waals surface area contributed by atoms with Crippen molar-refractivity contribution in [2.24, 2.45) is 0 Å². The molecule has 2 saturated heterocycles. The Morgan fingerprint density at radius 1 is 0.771 bits per heavy atom. The van der Waals surface area contributed by atoms with Gasteiger partial charge in [-0.25, -0.2) is 0 Å². The highest BCUT2D eigenvalue weighted by Crippen LogP contribution is 2.28. The molecule has 2 aliphatic heterocycles. The van der Waals surface area contributed by atoms with E-state index >= 15 is 0 Å². The zero-order valence-corrected chi connectivity index (χ0v) is 19.9. The Balaban J connectivity index is 1.74. The number of esters is 1. The van der Waals surface area contributed by atoms with Crippen LogP contribution in [-0.4, -0.2) is 130 Å². The Morgan fingerprint density at radius 3 is 2.09 bits per heavy atom. The van der Waals surface area contributed by atoms with Crippen molar-refractivity contribution < 1.29 is 64.2 Å². The average molecular weight is 513 g/mol. The molecule has 0 aromatic heterocycles. The predicted molar refractivity (Wildman–Crippen MR) is 117 cm³/mol. The zero-order valence-electron chi connectivity index (χ0n) is 19.9. The van der Waals surface area contributed by atoms with E-state index < -0.39 is 68.0 Å². The van der Waals surface area contributed by atoms with Gasteiger partial charge in [-0.3, -0.25) is 4.79 Å². The Kier molecular flexibility index (Phi) is 13.2. The molecule has 0 spiro atoms. The van der Waals surface area contributed by atoms with Crippen LogP contribution in [0.4, 0.5) is 0 Å². The highest BCUT2D eigenvalue weighted by Gasteiger charge is 2.50. The van der Waals surface area contributed by atoms with E-state index in [2.05, 4.69) is 4.74 Å². The van der Waals surface area contributed by atoms with E-state index in [0.717, 1.165) is 38.5 Å². The normalized spacial score (nSPS) is 37.8. The van der Waals surface area contributed by atoms with Gasteiger partial charge in [0.05, 0.1) is 20.3 Å². The SMILES string of the molecule is COC(=O)CCCCCCCCOC[C@H]1O[C@@H](O[C@H]2[C@H](O)[C@@H](O)[C@@H](O)O[C@@H]2CO)[C@H](O)[C@@H](O)[C@H]1O. The number of hydrogen-bond acceptors (Lipinski definition) is 13. The molecule has 2 rings (SSSR count). The van der Waals surface area contributed by atoms with E-state index in [4.69, 9.17) is 18.9 Å². The number of ether oxygens (including phenoxy) is 5. The highest BCUT2D eigenvalue weighted by atomic mass is 16.7. The van der Waals surface area contributed by atoms with Gasteiger partial charge in [0.2, 0.25) is 0 Å². The second kappa shape index (κ2) is 15.3. The molecule has 0 bridgehead atoms. The van der Waals surface area contributed by atoms with Gasteiger partial charge in [0.25, 0.3) is 0 Å². The number of methoxy groups -OCH3 is 1. The molecule has 35 heavy (non-hydrogen) atoms. The number of carbonyl (C=O) groups excluding carboxylic acids is 1. The van der Waals surface area contributed by atoms with Crippen LogP contribution in [0.2, 0.25) is 0 Å². The average Bonchev–Trinajstić information content (AvgIpc) is 2.85. The minimum Gasteiger partial charge on any atom is -0.469 e. The summed E-state index contributed by atoms with van der Waals surface area (Å²) in [5.41, 5.74) is 0. The molecule has 0 aromatic rings. The van der Waals surface area contributed by atoms with Crippen LogP contribution < -0.4 is 0 Å². The van der Waals surface area contributed by atoms with Crippen LogP contribution in [0.25, 0.3) is 0 Å². The van der Waals surface area contributed by atoms with Gasteiger partial charge in [-0.2, -0.15) is 0 Å². The molecule has 2 heterocycles. The van der Waals surface area contributed by atoms with Crippen molar-refractivity contribution in [3.63, 3.8) is 0 Å². The molecule has 2 aliphatic rings. The number of carbonyl (C=O) groups is 1. The van der Waals surface area contributed by atoms with Crippen LogP contribution >= 0.6 is 0 Å². The Morgan fingerprint density at radius 2 is 1.43 bits per heavy atom. The summed E-state index contributed by atoms with van der Waals surface area (Å²) in [6.07, 6.45) is -9.39. The Hall–Kier alpha value is -0.970. The summed E-state index contributed by atoms with van der Waals surface area (Å²) in [5.74, 6) is -0.205. The number of aliphatic hydroxyl groups is 7. The largest absolute Gasteiger partial charge is 0.469 e. The maximum absolute atomic E-state index is 11.0. The van der Waals surface area contributed by atoms with Gasteiger partial charge in [0.1, 0.15) is 48.8 Å². The molecule has 0 aliphatic carbocycles. The predicted octanol–water partition coefficient (Wildman–Crippen LogP) is -2.47. The van der Waals surface area contributed by atoms with Crippen molar-refractivity contribution in [2.75, 3.05) is 26.9 Å². The van der Waals surface area contributed by atoms with E-state index in [1.54, 1.807) is 0 Å². The van der Waals surface area contributed by atoms with E-state index in [9.17, 15) is 40.5 Å². The summed E-state index contributed by atoms with van der Waals surface area (Å²) in [4.78, 5) is 11.0. The lowest BCUT2D eigenvalue weighted by molar-refractivity contribution is -0.355. The molecule has 13 heteroatoms. The molecule has 0 amide bonds. The lowest BCUT2D eigenvalue weighted by Crippen LogP contribution is -2.64. The molecule has 0 unspecified atom stereocenters. The van der Waals surface area contributed by atoms with Crippen molar-refractivity contribution in [2.45, 2.75) is 106 Å². The fourth-order valence-electron chi connectivity index (χ4n) is 4.04. The smallest absolute Gasteiger partial charge is 0.305 e. The summed E-state index contributed by atoms with van der Waals surface area (Å²) < 4.78 is 26.2. The molecule has 2 fully saturated rings. The Bertz CT molecular complexity index is 606. The lowest BCUT2D eigenvalue weighted by Gasteiger charge is -2.45. The number of hydrogen-bond donors (Lipinski definition) is 7. The van der Waals surface area contributed by atoms with Crippen LogP contribution in [0.3, 0.4) is 0 Å². The molecule has 13 nitrogen and oxygen atoms in total. The fourth-order valence-corrected chi connectivity index (χ4v) is 4.04. The van der Waals surface area contributed by atoms with Crippen molar-refractivity contribution in [1.29, 1.82) is 0 Å². The summed E-state index contributed by atoms with van der Waals surface area (Å²) >= 11 is 0. The highest BCUT2D eigenvalue weighted by molar-refractivity contribution is 5.68. The van der Waals surface area contributed by atoms with E-state index in [1.807, 2.05) is 0 Å². The quantitative estimate of drug-likeness (QED) is 0.0953. The number of rotatable bonds is 14.